The molecule has 17 heavy (non-hydrogen) atoms. The average molecular weight is 239 g/mol. The number of carbonyl (C=O) groups excluding carboxylic acids is 1. The lowest BCUT2D eigenvalue weighted by Crippen LogP contribution is -2.30. The monoisotopic (exact) mass is 239 g/mol. The molecule has 1 atom stereocenters. The summed E-state index contributed by atoms with van der Waals surface area (Å²) in [4.78, 5) is 16.6. The summed E-state index contributed by atoms with van der Waals surface area (Å²) < 4.78 is 4.77. The van der Waals surface area contributed by atoms with Gasteiger partial charge in [0, 0.05) is 7.05 Å². The number of hydrogen-bond acceptors (Lipinski definition) is 4. The van der Waals surface area contributed by atoms with Gasteiger partial charge in [0.25, 0.3) is 0 Å². The lowest BCUT2D eigenvalue weighted by atomic mass is 10.1. The molecule has 0 spiro atoms. The van der Waals surface area contributed by atoms with E-state index in [0.717, 1.165) is 10.6 Å². The maximum atomic E-state index is 11.3. The molecule has 94 valence electrons. The Labute approximate surface area is 101 Å². The van der Waals surface area contributed by atoms with E-state index in [0.29, 0.717) is 0 Å². The largest absolute Gasteiger partial charge is 0.448 e. The van der Waals surface area contributed by atoms with Crippen molar-refractivity contribution >= 4 is 6.09 Å². The molecule has 1 aromatic rings. The molecule has 1 amide bonds. The second-order valence-electron chi connectivity index (χ2n) is 3.38. The quantitative estimate of drug-likeness (QED) is 0.795. The van der Waals surface area contributed by atoms with Gasteiger partial charge in [-0.05, 0) is 12.5 Å². The molecule has 0 aliphatic heterocycles. The molecule has 0 saturated heterocycles. The van der Waals surface area contributed by atoms with Crippen LogP contribution >= 0.6 is 0 Å². The number of carbonyl (C=O) groups is 1. The van der Waals surface area contributed by atoms with Gasteiger partial charge < -0.3 is 9.84 Å². The normalized spacial score (nSPS) is 11.9. The standard InChI is InChI=1S/C12H17NO4/c1-3-16-12(15)13(2)17-11(9-14)10-7-5-4-6-8-10/h4-8,11,14H,3,9H2,1-2H3. The van der Waals surface area contributed by atoms with Gasteiger partial charge in [-0.15, -0.1) is 0 Å². The number of aliphatic hydroxyl groups is 1. The van der Waals surface area contributed by atoms with Gasteiger partial charge in [0.05, 0.1) is 13.2 Å². The Morgan fingerprint density at radius 3 is 2.59 bits per heavy atom. The fourth-order valence-electron chi connectivity index (χ4n) is 1.32. The van der Waals surface area contributed by atoms with Gasteiger partial charge in [-0.3, -0.25) is 4.84 Å². The van der Waals surface area contributed by atoms with Crippen LogP contribution in [-0.2, 0) is 9.57 Å². The summed E-state index contributed by atoms with van der Waals surface area (Å²) in [6.45, 7) is 1.78. The van der Waals surface area contributed by atoms with Crippen molar-refractivity contribution in [2.75, 3.05) is 20.3 Å². The van der Waals surface area contributed by atoms with Crippen molar-refractivity contribution in [1.82, 2.24) is 5.06 Å². The number of amides is 1. The number of ether oxygens (including phenoxy) is 1. The highest BCUT2D eigenvalue weighted by atomic mass is 16.7. The van der Waals surface area contributed by atoms with Crippen LogP contribution in [0.2, 0.25) is 0 Å². The molecule has 0 aromatic heterocycles. The summed E-state index contributed by atoms with van der Waals surface area (Å²) >= 11 is 0. The van der Waals surface area contributed by atoms with E-state index in [9.17, 15) is 9.90 Å². The van der Waals surface area contributed by atoms with Crippen molar-refractivity contribution in [2.24, 2.45) is 0 Å². The van der Waals surface area contributed by atoms with Crippen LogP contribution in [0.25, 0.3) is 0 Å². The first-order valence-electron chi connectivity index (χ1n) is 5.42. The van der Waals surface area contributed by atoms with Gasteiger partial charge >= 0.3 is 6.09 Å². The van der Waals surface area contributed by atoms with Gasteiger partial charge in [0.2, 0.25) is 0 Å². The Hall–Kier alpha value is -1.59. The molecule has 0 saturated carbocycles. The molecule has 0 fully saturated rings. The van der Waals surface area contributed by atoms with Crippen LogP contribution in [0.1, 0.15) is 18.6 Å². The highest BCUT2D eigenvalue weighted by Gasteiger charge is 2.18. The van der Waals surface area contributed by atoms with Crippen LogP contribution in [0.5, 0.6) is 0 Å². The van der Waals surface area contributed by atoms with Gasteiger partial charge in [-0.2, -0.15) is 5.06 Å². The molecule has 1 unspecified atom stereocenters. The van der Waals surface area contributed by atoms with Crippen molar-refractivity contribution in [3.8, 4) is 0 Å². The van der Waals surface area contributed by atoms with Gasteiger partial charge in [0.15, 0.2) is 0 Å². The van der Waals surface area contributed by atoms with Gasteiger partial charge in [0.1, 0.15) is 6.10 Å². The Balaban J connectivity index is 2.61. The second kappa shape index (κ2) is 6.88. The summed E-state index contributed by atoms with van der Waals surface area (Å²) in [5.41, 5.74) is 0.797. The lowest BCUT2D eigenvalue weighted by Gasteiger charge is -2.22. The third kappa shape index (κ3) is 4.05. The first-order chi connectivity index (χ1) is 8.19. The second-order valence-corrected chi connectivity index (χ2v) is 3.38. The Bertz CT molecular complexity index is 342. The number of benzene rings is 1. The summed E-state index contributed by atoms with van der Waals surface area (Å²) in [6.07, 6.45) is -1.16. The number of hydrogen-bond donors (Lipinski definition) is 1. The highest BCUT2D eigenvalue weighted by molar-refractivity contribution is 5.65. The van der Waals surface area contributed by atoms with E-state index in [1.54, 1.807) is 6.92 Å². The topological polar surface area (TPSA) is 59.0 Å². The molecule has 5 heteroatoms. The van der Waals surface area contributed by atoms with E-state index in [2.05, 4.69) is 0 Å². The number of nitrogens with zero attached hydrogens (tertiary/aromatic N) is 1. The highest BCUT2D eigenvalue weighted by Crippen LogP contribution is 2.17. The summed E-state index contributed by atoms with van der Waals surface area (Å²) in [6, 6.07) is 9.18. The van der Waals surface area contributed by atoms with E-state index < -0.39 is 12.2 Å². The van der Waals surface area contributed by atoms with Crippen molar-refractivity contribution < 1.29 is 19.5 Å². The van der Waals surface area contributed by atoms with Crippen LogP contribution in [0.4, 0.5) is 4.79 Å². The zero-order valence-electron chi connectivity index (χ0n) is 10.00. The molecule has 1 aromatic carbocycles. The number of hydroxylamine groups is 2. The van der Waals surface area contributed by atoms with Crippen LogP contribution in [-0.4, -0.2) is 36.5 Å². The van der Waals surface area contributed by atoms with Gasteiger partial charge in [-0.1, -0.05) is 30.3 Å². The molecule has 1 rings (SSSR count). The summed E-state index contributed by atoms with van der Waals surface area (Å²) in [5, 5.41) is 10.2. The van der Waals surface area contributed by atoms with E-state index in [1.807, 2.05) is 30.3 Å². The predicted molar refractivity (Wildman–Crippen MR) is 62.1 cm³/mol. The van der Waals surface area contributed by atoms with Crippen LogP contribution in [0.15, 0.2) is 30.3 Å². The zero-order valence-corrected chi connectivity index (χ0v) is 10.00. The number of aliphatic hydroxyl groups excluding tert-OH is 1. The minimum Gasteiger partial charge on any atom is -0.448 e. The molecule has 0 radical (unpaired) electrons. The predicted octanol–water partition coefficient (Wildman–Crippen LogP) is 1.74. The smallest absolute Gasteiger partial charge is 0.433 e. The van der Waals surface area contributed by atoms with Crippen LogP contribution in [0, 0.1) is 0 Å². The SMILES string of the molecule is CCOC(=O)N(C)OC(CO)c1ccccc1. The van der Waals surface area contributed by atoms with Crippen molar-refractivity contribution in [3.63, 3.8) is 0 Å². The molecule has 0 aliphatic rings. The van der Waals surface area contributed by atoms with Crippen molar-refractivity contribution in [3.05, 3.63) is 35.9 Å². The minimum absolute atomic E-state index is 0.215. The Morgan fingerprint density at radius 1 is 1.41 bits per heavy atom. The van der Waals surface area contributed by atoms with Gasteiger partial charge in [-0.25, -0.2) is 4.79 Å². The average Bonchev–Trinajstić information content (AvgIpc) is 2.37. The Morgan fingerprint density at radius 2 is 2.06 bits per heavy atom. The third-order valence-corrected chi connectivity index (χ3v) is 2.15. The summed E-state index contributed by atoms with van der Waals surface area (Å²) in [5.74, 6) is 0. The first-order valence-corrected chi connectivity index (χ1v) is 5.42. The van der Waals surface area contributed by atoms with E-state index in [-0.39, 0.29) is 13.2 Å². The van der Waals surface area contributed by atoms with Crippen molar-refractivity contribution in [2.45, 2.75) is 13.0 Å². The maximum Gasteiger partial charge on any atom is 0.433 e. The maximum absolute atomic E-state index is 11.3. The molecule has 5 nitrogen and oxygen atoms in total. The molecule has 0 bridgehead atoms. The minimum atomic E-state index is -0.582. The van der Waals surface area contributed by atoms with Crippen LogP contribution < -0.4 is 0 Å². The fourth-order valence-corrected chi connectivity index (χ4v) is 1.32. The molecular weight excluding hydrogens is 222 g/mol. The van der Waals surface area contributed by atoms with Crippen molar-refractivity contribution in [1.29, 1.82) is 0 Å². The third-order valence-electron chi connectivity index (χ3n) is 2.15. The molecular formula is C12H17NO4. The Kier molecular flexibility index (Phi) is 5.45. The fraction of sp³-hybridized carbons (Fsp3) is 0.417. The molecule has 0 aliphatic carbocycles. The molecule has 1 N–H and O–H groups in total. The van der Waals surface area contributed by atoms with E-state index >= 15 is 0 Å². The molecule has 0 heterocycles. The first kappa shape index (κ1) is 13.5. The summed E-state index contributed by atoms with van der Waals surface area (Å²) in [7, 11) is 1.45. The van der Waals surface area contributed by atoms with E-state index in [1.165, 1.54) is 7.05 Å². The van der Waals surface area contributed by atoms with Crippen LogP contribution in [0.3, 0.4) is 0 Å². The number of rotatable bonds is 5. The lowest BCUT2D eigenvalue weighted by molar-refractivity contribution is -0.172. The van der Waals surface area contributed by atoms with E-state index in [4.69, 9.17) is 9.57 Å². The zero-order chi connectivity index (χ0) is 12.7.